The highest BCUT2D eigenvalue weighted by molar-refractivity contribution is 7.98. The predicted molar refractivity (Wildman–Crippen MR) is 91.2 cm³/mol. The topological polar surface area (TPSA) is 60.2 Å². The van der Waals surface area contributed by atoms with Crippen LogP contribution in [0.15, 0.2) is 39.3 Å². The van der Waals surface area contributed by atoms with E-state index in [1.165, 1.54) is 37.6 Å². The minimum atomic E-state index is 0.263. The molecule has 118 valence electrons. The summed E-state index contributed by atoms with van der Waals surface area (Å²) >= 11 is 1.49. The maximum absolute atomic E-state index is 9.33. The molecule has 1 fully saturated rings. The van der Waals surface area contributed by atoms with Gasteiger partial charge in [0.1, 0.15) is 5.75 Å². The molecule has 1 aliphatic carbocycles. The van der Waals surface area contributed by atoms with E-state index >= 15 is 0 Å². The summed E-state index contributed by atoms with van der Waals surface area (Å²) in [5, 5.41) is 15.9. The molecule has 0 aromatic heterocycles. The van der Waals surface area contributed by atoms with Crippen molar-refractivity contribution >= 4 is 24.1 Å². The second-order valence-electron chi connectivity index (χ2n) is 5.87. The van der Waals surface area contributed by atoms with Gasteiger partial charge in [0.2, 0.25) is 5.96 Å². The van der Waals surface area contributed by atoms with Crippen molar-refractivity contribution in [2.75, 3.05) is 13.1 Å². The minimum absolute atomic E-state index is 0.263. The number of benzene rings is 1. The molecule has 3 rings (SSSR count). The van der Waals surface area contributed by atoms with E-state index in [2.05, 4.69) is 21.0 Å². The number of phenolic OH excluding ortho intramolecular Hbond substituents is 1. The van der Waals surface area contributed by atoms with Gasteiger partial charge in [-0.1, -0.05) is 12.8 Å². The fourth-order valence-corrected chi connectivity index (χ4v) is 3.65. The zero-order chi connectivity index (χ0) is 15.4. The van der Waals surface area contributed by atoms with E-state index in [0.717, 1.165) is 23.9 Å². The quantitative estimate of drug-likeness (QED) is 0.510. The van der Waals surface area contributed by atoms with Gasteiger partial charge in [0.25, 0.3) is 0 Å². The zero-order valence-electron chi connectivity index (χ0n) is 12.8. The number of aliphatic imine (C=N–C) groups is 1. The Labute approximate surface area is 135 Å². The molecule has 2 aliphatic rings. The summed E-state index contributed by atoms with van der Waals surface area (Å²) in [6.45, 7) is 3.67. The van der Waals surface area contributed by atoms with Gasteiger partial charge >= 0.3 is 0 Å². The first-order valence-corrected chi connectivity index (χ1v) is 8.61. The molecule has 1 heterocycles. The fourth-order valence-electron chi connectivity index (χ4n) is 3.00. The van der Waals surface area contributed by atoms with E-state index in [1.54, 1.807) is 12.1 Å². The number of hydrogen-bond donors (Lipinski definition) is 2. The normalized spacial score (nSPS) is 20.0. The van der Waals surface area contributed by atoms with Crippen LogP contribution in [0.3, 0.4) is 0 Å². The van der Waals surface area contributed by atoms with Gasteiger partial charge in [-0.05, 0) is 56.0 Å². The lowest BCUT2D eigenvalue weighted by Crippen LogP contribution is -2.37. The van der Waals surface area contributed by atoms with Crippen LogP contribution in [-0.2, 0) is 0 Å². The minimum Gasteiger partial charge on any atom is -0.508 e. The highest BCUT2D eigenvalue weighted by Crippen LogP contribution is 2.40. The van der Waals surface area contributed by atoms with E-state index in [9.17, 15) is 5.11 Å². The Bertz CT molecular complexity index is 564. The van der Waals surface area contributed by atoms with Gasteiger partial charge in [-0.3, -0.25) is 9.71 Å². The monoisotopic (exact) mass is 318 g/mol. The molecule has 1 aromatic rings. The number of guanidine groups is 1. The van der Waals surface area contributed by atoms with Gasteiger partial charge in [-0.2, -0.15) is 5.10 Å². The van der Waals surface area contributed by atoms with E-state index < -0.39 is 0 Å². The summed E-state index contributed by atoms with van der Waals surface area (Å²) in [4.78, 5) is 5.57. The molecule has 0 unspecified atom stereocenters. The lowest BCUT2D eigenvalue weighted by atomic mass is 9.88. The third-order valence-corrected chi connectivity index (χ3v) is 4.98. The van der Waals surface area contributed by atoms with Crippen molar-refractivity contribution in [3.8, 4) is 5.75 Å². The van der Waals surface area contributed by atoms with E-state index in [4.69, 9.17) is 0 Å². The predicted octanol–water partition coefficient (Wildman–Crippen LogP) is 3.23. The molecular weight excluding hydrogens is 296 g/mol. The van der Waals surface area contributed by atoms with Gasteiger partial charge < -0.3 is 5.11 Å². The molecule has 0 radical (unpaired) electrons. The lowest BCUT2D eigenvalue weighted by molar-refractivity contribution is 0.342. The van der Waals surface area contributed by atoms with Crippen LogP contribution in [0, 0.1) is 5.41 Å². The van der Waals surface area contributed by atoms with Crippen LogP contribution in [0.4, 0.5) is 0 Å². The number of nitrogens with one attached hydrogen (secondary N) is 1. The van der Waals surface area contributed by atoms with Gasteiger partial charge in [0, 0.05) is 23.1 Å². The smallest absolute Gasteiger partial charge is 0.225 e. The van der Waals surface area contributed by atoms with E-state index in [1.807, 2.05) is 24.1 Å². The summed E-state index contributed by atoms with van der Waals surface area (Å²) in [5.41, 5.74) is 0.263. The number of aromatic hydroxyl groups is 1. The molecule has 1 saturated carbocycles. The van der Waals surface area contributed by atoms with Crippen molar-refractivity contribution in [2.45, 2.75) is 37.5 Å². The molecule has 0 saturated heterocycles. The first kappa shape index (κ1) is 15.2. The molecule has 6 heteroatoms. The van der Waals surface area contributed by atoms with E-state index in [0.29, 0.717) is 0 Å². The fraction of sp³-hybridized carbons (Fsp3) is 0.500. The molecule has 1 aromatic carbocycles. The van der Waals surface area contributed by atoms with Crippen LogP contribution in [0.1, 0.15) is 32.6 Å². The van der Waals surface area contributed by atoms with Crippen LogP contribution >= 0.6 is 11.9 Å². The molecule has 1 aliphatic heterocycles. The summed E-state index contributed by atoms with van der Waals surface area (Å²) in [6, 6.07) is 7.12. The van der Waals surface area contributed by atoms with Crippen molar-refractivity contribution in [3.05, 3.63) is 24.3 Å². The second-order valence-corrected chi connectivity index (χ2v) is 6.75. The second kappa shape index (κ2) is 6.60. The van der Waals surface area contributed by atoms with E-state index in [-0.39, 0.29) is 11.2 Å². The van der Waals surface area contributed by atoms with Crippen molar-refractivity contribution in [3.63, 3.8) is 0 Å². The van der Waals surface area contributed by atoms with Crippen LogP contribution in [0.5, 0.6) is 5.75 Å². The molecule has 0 atom stereocenters. The third kappa shape index (κ3) is 3.38. The Balaban J connectivity index is 1.62. The summed E-state index contributed by atoms with van der Waals surface area (Å²) < 4.78 is 3.30. The number of rotatable bonds is 3. The maximum atomic E-state index is 9.33. The summed E-state index contributed by atoms with van der Waals surface area (Å²) in [7, 11) is 0. The Kier molecular flexibility index (Phi) is 4.57. The number of hydrazone groups is 1. The SMILES string of the molecule is CCN=C(NSc1ccc(O)cc1)N1CC2(C=N1)CCCC2. The lowest BCUT2D eigenvalue weighted by Gasteiger charge is -2.23. The van der Waals surface area contributed by atoms with Crippen LogP contribution in [0.2, 0.25) is 0 Å². The van der Waals surface area contributed by atoms with Gasteiger partial charge in [0.05, 0.1) is 6.54 Å². The van der Waals surface area contributed by atoms with Crippen molar-refractivity contribution in [1.82, 2.24) is 9.73 Å². The summed E-state index contributed by atoms with van der Waals surface area (Å²) in [6.07, 6.45) is 7.19. The number of phenols is 1. The van der Waals surface area contributed by atoms with Gasteiger partial charge in [-0.15, -0.1) is 0 Å². The molecule has 2 N–H and O–H groups in total. The number of nitrogens with zero attached hydrogens (tertiary/aromatic N) is 3. The average molecular weight is 318 g/mol. The Hall–Kier alpha value is -1.69. The van der Waals surface area contributed by atoms with Gasteiger partial charge in [-0.25, -0.2) is 5.01 Å². The van der Waals surface area contributed by atoms with Crippen LogP contribution in [0.25, 0.3) is 0 Å². The van der Waals surface area contributed by atoms with Crippen molar-refractivity contribution in [1.29, 1.82) is 0 Å². The van der Waals surface area contributed by atoms with Crippen LogP contribution < -0.4 is 4.72 Å². The zero-order valence-corrected chi connectivity index (χ0v) is 13.6. The highest BCUT2D eigenvalue weighted by Gasteiger charge is 2.39. The molecule has 0 amide bonds. The average Bonchev–Trinajstić information content (AvgIpc) is 3.16. The van der Waals surface area contributed by atoms with Crippen molar-refractivity contribution in [2.24, 2.45) is 15.5 Å². The maximum Gasteiger partial charge on any atom is 0.225 e. The Morgan fingerprint density at radius 2 is 2.09 bits per heavy atom. The van der Waals surface area contributed by atoms with Crippen molar-refractivity contribution < 1.29 is 5.11 Å². The Morgan fingerprint density at radius 3 is 2.77 bits per heavy atom. The van der Waals surface area contributed by atoms with Gasteiger partial charge in [0.15, 0.2) is 0 Å². The first-order valence-electron chi connectivity index (χ1n) is 7.80. The largest absolute Gasteiger partial charge is 0.508 e. The Morgan fingerprint density at radius 1 is 1.36 bits per heavy atom. The summed E-state index contributed by atoms with van der Waals surface area (Å²) in [5.74, 6) is 1.08. The highest BCUT2D eigenvalue weighted by atomic mass is 32.2. The first-order chi connectivity index (χ1) is 10.7. The molecule has 1 spiro atoms. The molecular formula is C16H22N4OS. The number of hydrogen-bond acceptors (Lipinski definition) is 4. The third-order valence-electron chi connectivity index (χ3n) is 4.18. The van der Waals surface area contributed by atoms with Crippen LogP contribution in [-0.4, -0.2) is 35.4 Å². The standard InChI is InChI=1S/C16H22N4OS/c1-2-17-15(19-22-14-7-5-13(21)6-8-14)20-12-16(11-18-20)9-3-4-10-16/h5-8,11,21H,2-4,9-10,12H2,1H3,(H,17,19). The molecule has 22 heavy (non-hydrogen) atoms. The molecule has 0 bridgehead atoms. The molecule has 5 nitrogen and oxygen atoms in total.